The van der Waals surface area contributed by atoms with Crippen LogP contribution in [0.15, 0.2) is 60.9 Å². The Bertz CT molecular complexity index is 2430. The van der Waals surface area contributed by atoms with E-state index >= 15 is 0 Å². The second-order valence-corrected chi connectivity index (χ2v) is 20.3. The summed E-state index contributed by atoms with van der Waals surface area (Å²) in [6.45, 7) is 2.66. The molecule has 0 amide bonds. The molecule has 2 aromatic carbocycles. The lowest BCUT2D eigenvalue weighted by molar-refractivity contribution is -0.204. The van der Waals surface area contributed by atoms with E-state index in [2.05, 4.69) is 22.2 Å². The van der Waals surface area contributed by atoms with Crippen LogP contribution in [0.1, 0.15) is 146 Å². The van der Waals surface area contributed by atoms with Gasteiger partial charge in [0.25, 0.3) is 0 Å². The Kier molecular flexibility index (Phi) is 20.2. The van der Waals surface area contributed by atoms with E-state index in [4.69, 9.17) is 54.6 Å². The molecule has 0 saturated carbocycles. The number of nitrogens with zero attached hydrogens (tertiary/aromatic N) is 5. The molecule has 15 nitrogen and oxygen atoms in total. The van der Waals surface area contributed by atoms with Crippen molar-refractivity contribution in [3.8, 4) is 23.6 Å². The summed E-state index contributed by atoms with van der Waals surface area (Å²) in [4.78, 5) is 4.07. The summed E-state index contributed by atoms with van der Waals surface area (Å²) in [5.41, 5.74) is 6.42. The van der Waals surface area contributed by atoms with Gasteiger partial charge in [-0.1, -0.05) is 120 Å². The maximum atomic E-state index is 15.0. The smallest absolute Gasteiger partial charge is 0.496 e. The molecular weight excluding hydrogens is 952 g/mol. The van der Waals surface area contributed by atoms with Crippen molar-refractivity contribution in [1.29, 1.82) is 10.5 Å². The SMILES string of the molecule is COc1cc(C#N)ccc1CO[C@@H](CCCCCCCCCCCCCCCCCC(F)(F)F)COP(=O)(OC[C@@]1(C#N)O[C@@H](c2ccc3c(N)ncnn23)[C@@H]2OC(C)(C)O[C@@H]21)Oc1ccccc1Cl. The fraction of sp³-hybridized carbons (Fsp3) is 0.600. The van der Waals surface area contributed by atoms with Gasteiger partial charge in [0.2, 0.25) is 5.60 Å². The number of phosphoric ester groups is 1. The molecule has 2 fully saturated rings. The van der Waals surface area contributed by atoms with Crippen molar-refractivity contribution in [2.24, 2.45) is 0 Å². The van der Waals surface area contributed by atoms with Crippen LogP contribution >= 0.6 is 19.4 Å². The molecule has 382 valence electrons. The molecule has 0 bridgehead atoms. The molecule has 0 spiro atoms. The number of fused-ring (bicyclic) bond motifs is 2. The van der Waals surface area contributed by atoms with Crippen molar-refractivity contribution in [1.82, 2.24) is 14.6 Å². The maximum absolute atomic E-state index is 15.0. The van der Waals surface area contributed by atoms with Crippen LogP contribution in [0.5, 0.6) is 11.5 Å². The normalized spacial score (nSPS) is 21.0. The van der Waals surface area contributed by atoms with Crippen molar-refractivity contribution in [3.05, 3.63) is 82.8 Å². The summed E-state index contributed by atoms with van der Waals surface area (Å²) in [7, 11) is -3.14. The van der Waals surface area contributed by atoms with Crippen LogP contribution in [0.2, 0.25) is 5.02 Å². The molecule has 2 N–H and O–H groups in total. The zero-order valence-electron chi connectivity index (χ0n) is 40.2. The Labute approximate surface area is 413 Å². The number of unbranched alkanes of at least 4 members (excludes halogenated alkanes) is 14. The van der Waals surface area contributed by atoms with Gasteiger partial charge < -0.3 is 33.9 Å². The van der Waals surface area contributed by atoms with Gasteiger partial charge in [0.15, 0.2) is 11.6 Å². The van der Waals surface area contributed by atoms with E-state index in [0.717, 1.165) is 83.5 Å². The minimum Gasteiger partial charge on any atom is -0.496 e. The number of phosphoric acid groups is 1. The van der Waals surface area contributed by atoms with Gasteiger partial charge in [-0.05, 0) is 63.1 Å². The van der Waals surface area contributed by atoms with Crippen LogP contribution in [0.4, 0.5) is 19.0 Å². The van der Waals surface area contributed by atoms with Crippen LogP contribution in [-0.2, 0) is 39.2 Å². The number of nitrogens with two attached hydrogens (primary N) is 1. The summed E-state index contributed by atoms with van der Waals surface area (Å²) in [5.74, 6) is -0.382. The number of para-hydroxylation sites is 1. The third-order valence-electron chi connectivity index (χ3n) is 12.5. The quantitative estimate of drug-likeness (QED) is 0.0383. The Morgan fingerprint density at radius 2 is 1.53 bits per heavy atom. The largest absolute Gasteiger partial charge is 0.530 e. The van der Waals surface area contributed by atoms with Crippen LogP contribution in [0.25, 0.3) is 5.52 Å². The number of aromatic nitrogens is 3. The molecule has 20 heteroatoms. The average Bonchev–Trinajstić information content (AvgIpc) is 4.00. The van der Waals surface area contributed by atoms with Crippen molar-refractivity contribution < 1.29 is 55.0 Å². The predicted octanol–water partition coefficient (Wildman–Crippen LogP) is 12.7. The lowest BCUT2D eigenvalue weighted by Gasteiger charge is -2.30. The van der Waals surface area contributed by atoms with Crippen LogP contribution in [0.3, 0.4) is 0 Å². The van der Waals surface area contributed by atoms with E-state index < -0.39 is 62.8 Å². The Morgan fingerprint density at radius 1 is 0.871 bits per heavy atom. The summed E-state index contributed by atoms with van der Waals surface area (Å²) in [5, 5.41) is 24.8. The van der Waals surface area contributed by atoms with Gasteiger partial charge >= 0.3 is 14.0 Å². The lowest BCUT2D eigenvalue weighted by Crippen LogP contribution is -2.46. The predicted molar refractivity (Wildman–Crippen MR) is 256 cm³/mol. The number of halogens is 4. The third-order valence-corrected chi connectivity index (χ3v) is 14.1. The molecule has 2 saturated heterocycles. The highest BCUT2D eigenvalue weighted by molar-refractivity contribution is 7.49. The zero-order valence-corrected chi connectivity index (χ0v) is 41.8. The Morgan fingerprint density at radius 3 is 2.16 bits per heavy atom. The van der Waals surface area contributed by atoms with Crippen molar-refractivity contribution in [3.63, 3.8) is 0 Å². The number of nitrogen functional groups attached to an aromatic ring is 1. The van der Waals surface area contributed by atoms with E-state index in [1.165, 1.54) is 19.5 Å². The minimum absolute atomic E-state index is 0.0243. The first-order valence-electron chi connectivity index (χ1n) is 24.2. The van der Waals surface area contributed by atoms with E-state index in [0.29, 0.717) is 40.9 Å². The van der Waals surface area contributed by atoms with Crippen LogP contribution in [-0.4, -0.2) is 70.8 Å². The number of methoxy groups -OCH3 is 1. The minimum atomic E-state index is -4.66. The fourth-order valence-corrected chi connectivity index (χ4v) is 10.3. The number of nitriles is 2. The van der Waals surface area contributed by atoms with E-state index in [1.54, 1.807) is 66.9 Å². The first-order valence-corrected chi connectivity index (χ1v) is 26.0. The molecule has 2 aromatic heterocycles. The summed E-state index contributed by atoms with van der Waals surface area (Å²) in [6.07, 6.45) is 8.20. The molecule has 6 rings (SSSR count). The molecular formula is C50H65ClF3N6O9P. The second kappa shape index (κ2) is 25.8. The second-order valence-electron chi connectivity index (χ2n) is 18.3. The standard InChI is InChI=1S/C50H65ClF3N6O9P/c1-48(2)66-45-44(40-26-27-41-47(57)58-35-59-60(40)41)67-49(33-56,46(45)68-48)34-65-70(61,69-42-23-19-18-22-39(42)51)64-32-38(63-31-37-25-24-36(30-55)29-43(37)62-3)21-17-15-13-11-9-7-5-4-6-8-10-12-14-16-20-28-50(52,53)54/h18-19,22-27,29,35,38,44-46H,4-17,20-21,28,31-32,34H2,1-3H3,(H2,57,58,59)/t38-,44-,45-,46-,49+,70?/m0/s1. The monoisotopic (exact) mass is 1020 g/mol. The molecule has 2 aliphatic rings. The number of hydrogen-bond acceptors (Lipinski definition) is 14. The lowest BCUT2D eigenvalue weighted by atomic mass is 9.96. The van der Waals surface area contributed by atoms with Gasteiger partial charge in [0.1, 0.15) is 54.3 Å². The molecule has 1 unspecified atom stereocenters. The maximum Gasteiger partial charge on any atom is 0.530 e. The Balaban J connectivity index is 1.07. The number of anilines is 1. The molecule has 4 aromatic rings. The van der Waals surface area contributed by atoms with Crippen LogP contribution in [0, 0.1) is 22.7 Å². The zero-order chi connectivity index (χ0) is 50.2. The van der Waals surface area contributed by atoms with Crippen molar-refractivity contribution >= 4 is 30.8 Å². The molecule has 70 heavy (non-hydrogen) atoms. The number of rotatable bonds is 30. The molecule has 0 aliphatic carbocycles. The van der Waals surface area contributed by atoms with E-state index in [-0.39, 0.29) is 36.2 Å². The van der Waals surface area contributed by atoms with Crippen LogP contribution < -0.4 is 15.0 Å². The molecule has 6 atom stereocenters. The van der Waals surface area contributed by atoms with Gasteiger partial charge in [-0.3, -0.25) is 9.05 Å². The highest BCUT2D eigenvalue weighted by Crippen LogP contribution is 2.55. The Hall–Kier alpha value is -4.49. The summed E-state index contributed by atoms with van der Waals surface area (Å²) >= 11 is 6.50. The highest BCUT2D eigenvalue weighted by Gasteiger charge is 2.65. The van der Waals surface area contributed by atoms with E-state index in [9.17, 15) is 28.3 Å². The first kappa shape index (κ1) is 54.8. The number of benzene rings is 2. The molecule has 4 heterocycles. The topological polar surface area (TPSA) is 195 Å². The molecule has 0 radical (unpaired) electrons. The van der Waals surface area contributed by atoms with E-state index in [1.807, 2.05) is 0 Å². The molecule has 2 aliphatic heterocycles. The van der Waals surface area contributed by atoms with Crippen molar-refractivity contribution in [2.45, 2.75) is 172 Å². The van der Waals surface area contributed by atoms with Gasteiger partial charge in [-0.15, -0.1) is 0 Å². The van der Waals surface area contributed by atoms with Gasteiger partial charge in [0.05, 0.1) is 48.8 Å². The number of hydrogen-bond donors (Lipinski definition) is 1. The van der Waals surface area contributed by atoms with Gasteiger partial charge in [-0.25, -0.2) is 14.1 Å². The third kappa shape index (κ3) is 15.5. The fourth-order valence-electron chi connectivity index (χ4n) is 8.82. The first-order chi connectivity index (χ1) is 33.6. The van der Waals surface area contributed by atoms with Gasteiger partial charge in [-0.2, -0.15) is 28.8 Å². The number of ether oxygens (including phenoxy) is 5. The van der Waals surface area contributed by atoms with Crippen molar-refractivity contribution in [2.75, 3.05) is 26.1 Å². The van der Waals surface area contributed by atoms with Gasteiger partial charge in [0, 0.05) is 12.0 Å². The summed E-state index contributed by atoms with van der Waals surface area (Å²) < 4.78 is 103. The average molecular weight is 1020 g/mol. The number of alkyl halides is 3. The summed E-state index contributed by atoms with van der Waals surface area (Å²) in [6, 6.07) is 19.3. The highest BCUT2D eigenvalue weighted by atomic mass is 35.5.